The third kappa shape index (κ3) is 3.09. The van der Waals surface area contributed by atoms with E-state index in [1.807, 2.05) is 42.7 Å². The number of ketones is 1. The zero-order valence-electron chi connectivity index (χ0n) is 17.2. The number of hydrogen-bond donors (Lipinski definition) is 0. The Kier molecular flexibility index (Phi) is 4.39. The van der Waals surface area contributed by atoms with E-state index in [-0.39, 0.29) is 19.1 Å². The van der Waals surface area contributed by atoms with Crippen LogP contribution in [0.2, 0.25) is 0 Å². The highest BCUT2D eigenvalue weighted by Gasteiger charge is 2.36. The summed E-state index contributed by atoms with van der Waals surface area (Å²) in [6, 6.07) is 14.2. The molecule has 0 spiro atoms. The Labute approximate surface area is 178 Å². The molecule has 0 saturated heterocycles. The first-order chi connectivity index (χ1) is 14.9. The number of rotatable bonds is 5. The minimum Gasteiger partial charge on any atom is -0.454 e. The van der Waals surface area contributed by atoms with Crippen LogP contribution < -0.4 is 9.47 Å². The number of Topliss-reactive ketones (excluding diaryl/α,β-unsaturated/α-hetero) is 1. The fourth-order valence-electron chi connectivity index (χ4n) is 4.16. The number of fused-ring (bicyclic) bond motifs is 2. The van der Waals surface area contributed by atoms with Gasteiger partial charge in [-0.2, -0.15) is 0 Å². The van der Waals surface area contributed by atoms with Gasteiger partial charge in [-0.3, -0.25) is 19.3 Å². The zero-order valence-corrected chi connectivity index (χ0v) is 17.2. The normalized spacial score (nSPS) is 14.3. The summed E-state index contributed by atoms with van der Waals surface area (Å²) in [4.78, 5) is 39.2. The molecule has 0 unspecified atom stereocenters. The third-order valence-electron chi connectivity index (χ3n) is 5.83. The average molecular weight is 416 g/mol. The molecule has 2 amide bonds. The molecule has 1 aromatic heterocycles. The maximum absolute atomic E-state index is 13.0. The number of nitrogens with zero attached hydrogens (tertiary/aromatic N) is 2. The molecular formula is C24H20N2O5. The van der Waals surface area contributed by atoms with Crippen LogP contribution in [0.15, 0.2) is 48.5 Å². The number of carbonyl (C=O) groups excluding carboxylic acids is 3. The molecule has 3 aromatic rings. The van der Waals surface area contributed by atoms with Gasteiger partial charge in [0.05, 0.1) is 17.7 Å². The Morgan fingerprint density at radius 2 is 1.61 bits per heavy atom. The van der Waals surface area contributed by atoms with Crippen LogP contribution >= 0.6 is 0 Å². The van der Waals surface area contributed by atoms with E-state index in [1.165, 1.54) is 0 Å². The number of ether oxygens (including phenoxy) is 2. The highest BCUT2D eigenvalue weighted by molar-refractivity contribution is 6.23. The van der Waals surface area contributed by atoms with Gasteiger partial charge < -0.3 is 14.0 Å². The van der Waals surface area contributed by atoms with Crippen molar-refractivity contribution in [3.8, 4) is 11.5 Å². The molecular weight excluding hydrogens is 396 g/mol. The molecule has 3 heterocycles. The van der Waals surface area contributed by atoms with E-state index in [1.54, 1.807) is 24.3 Å². The summed E-state index contributed by atoms with van der Waals surface area (Å²) in [6.45, 7) is 4.31. The topological polar surface area (TPSA) is 77.8 Å². The smallest absolute Gasteiger partial charge is 0.261 e. The van der Waals surface area contributed by atoms with Crippen molar-refractivity contribution >= 4 is 17.6 Å². The van der Waals surface area contributed by atoms with Crippen LogP contribution in [0.4, 0.5) is 0 Å². The van der Waals surface area contributed by atoms with Crippen molar-refractivity contribution in [1.29, 1.82) is 0 Å². The van der Waals surface area contributed by atoms with Gasteiger partial charge in [0.2, 0.25) is 6.79 Å². The second-order valence-electron chi connectivity index (χ2n) is 7.72. The Bertz CT molecular complexity index is 1220. The molecule has 0 fully saturated rings. The maximum atomic E-state index is 13.0. The molecule has 2 aliphatic rings. The number of amides is 2. The second-order valence-corrected chi connectivity index (χ2v) is 7.72. The van der Waals surface area contributed by atoms with E-state index in [2.05, 4.69) is 0 Å². The second kappa shape index (κ2) is 7.12. The molecule has 0 saturated carbocycles. The van der Waals surface area contributed by atoms with Crippen LogP contribution in [0, 0.1) is 13.8 Å². The molecule has 7 nitrogen and oxygen atoms in total. The van der Waals surface area contributed by atoms with Gasteiger partial charge in [0.15, 0.2) is 17.3 Å². The van der Waals surface area contributed by atoms with E-state index < -0.39 is 11.8 Å². The molecule has 2 aromatic carbocycles. The average Bonchev–Trinajstić information content (AvgIpc) is 3.41. The Balaban J connectivity index is 1.37. The quantitative estimate of drug-likeness (QED) is 0.471. The van der Waals surface area contributed by atoms with Gasteiger partial charge >= 0.3 is 0 Å². The summed E-state index contributed by atoms with van der Waals surface area (Å²) in [5.74, 6) is 0.314. The van der Waals surface area contributed by atoms with E-state index in [0.717, 1.165) is 27.6 Å². The molecule has 156 valence electrons. The van der Waals surface area contributed by atoms with Crippen LogP contribution in [0.1, 0.15) is 48.0 Å². The number of carbonyl (C=O) groups is 3. The maximum Gasteiger partial charge on any atom is 0.261 e. The van der Waals surface area contributed by atoms with Gasteiger partial charge in [-0.05, 0) is 49.7 Å². The Hall–Kier alpha value is -3.87. The lowest BCUT2D eigenvalue weighted by Gasteiger charge is -2.13. The van der Waals surface area contributed by atoms with Crippen molar-refractivity contribution < 1.29 is 23.9 Å². The predicted octanol–water partition coefficient (Wildman–Crippen LogP) is 3.36. The van der Waals surface area contributed by atoms with Crippen LogP contribution in [0.5, 0.6) is 11.5 Å². The van der Waals surface area contributed by atoms with Gasteiger partial charge in [0, 0.05) is 23.5 Å². The van der Waals surface area contributed by atoms with Gasteiger partial charge in [-0.25, -0.2) is 0 Å². The highest BCUT2D eigenvalue weighted by Crippen LogP contribution is 2.33. The Morgan fingerprint density at radius 3 is 2.32 bits per heavy atom. The highest BCUT2D eigenvalue weighted by atomic mass is 16.7. The summed E-state index contributed by atoms with van der Waals surface area (Å²) in [7, 11) is 0. The van der Waals surface area contributed by atoms with Gasteiger partial charge in [-0.1, -0.05) is 18.2 Å². The molecule has 0 bridgehead atoms. The van der Waals surface area contributed by atoms with E-state index in [9.17, 15) is 14.4 Å². The summed E-state index contributed by atoms with van der Waals surface area (Å²) in [6.07, 6.45) is 0. The lowest BCUT2D eigenvalue weighted by molar-refractivity contribution is 0.0624. The lowest BCUT2D eigenvalue weighted by Crippen LogP contribution is -2.35. The molecule has 0 N–H and O–H groups in total. The van der Waals surface area contributed by atoms with Crippen molar-refractivity contribution in [1.82, 2.24) is 9.47 Å². The molecule has 7 heteroatoms. The zero-order chi connectivity index (χ0) is 21.7. The summed E-state index contributed by atoms with van der Waals surface area (Å²) >= 11 is 0. The fourth-order valence-corrected chi connectivity index (χ4v) is 4.16. The summed E-state index contributed by atoms with van der Waals surface area (Å²) in [5, 5.41) is 0. The number of imide groups is 1. The first-order valence-corrected chi connectivity index (χ1v) is 9.97. The van der Waals surface area contributed by atoms with Gasteiger partial charge in [0.1, 0.15) is 0 Å². The third-order valence-corrected chi connectivity index (χ3v) is 5.83. The first-order valence-electron chi connectivity index (χ1n) is 9.97. The SMILES string of the molecule is Cc1cc(C(=O)CN2C(=O)c3ccccc3C2=O)c(C)n1Cc1ccc2c(c1)OCO2. The van der Waals surface area contributed by atoms with Crippen LogP contribution in [0.25, 0.3) is 0 Å². The molecule has 0 atom stereocenters. The Morgan fingerprint density at radius 1 is 0.935 bits per heavy atom. The molecule has 0 radical (unpaired) electrons. The molecule has 2 aliphatic heterocycles. The number of hydrogen-bond acceptors (Lipinski definition) is 5. The molecule has 0 aliphatic carbocycles. The van der Waals surface area contributed by atoms with Crippen molar-refractivity contribution in [3.05, 3.63) is 82.2 Å². The first kappa shape index (κ1) is 19.1. The summed E-state index contributed by atoms with van der Waals surface area (Å²) < 4.78 is 12.8. The molecule has 5 rings (SSSR count). The number of aryl methyl sites for hydroxylation is 1. The van der Waals surface area contributed by atoms with E-state index in [4.69, 9.17) is 9.47 Å². The van der Waals surface area contributed by atoms with Crippen molar-refractivity contribution in [2.45, 2.75) is 20.4 Å². The minimum atomic E-state index is -0.428. The monoisotopic (exact) mass is 416 g/mol. The van der Waals surface area contributed by atoms with Crippen molar-refractivity contribution in [2.75, 3.05) is 13.3 Å². The standard InChI is InChI=1S/C24H20N2O5/c1-14-9-19(15(2)25(14)11-16-7-8-21-22(10-16)31-13-30-21)20(27)12-26-23(28)17-5-3-4-6-18(17)24(26)29/h3-10H,11-13H2,1-2H3. The van der Waals surface area contributed by atoms with Crippen LogP contribution in [-0.2, 0) is 6.54 Å². The van der Waals surface area contributed by atoms with Crippen molar-refractivity contribution in [2.24, 2.45) is 0 Å². The van der Waals surface area contributed by atoms with Crippen LogP contribution in [0.3, 0.4) is 0 Å². The van der Waals surface area contributed by atoms with Gasteiger partial charge in [0.25, 0.3) is 11.8 Å². The van der Waals surface area contributed by atoms with Crippen LogP contribution in [-0.4, -0.2) is 40.4 Å². The fraction of sp³-hybridized carbons (Fsp3) is 0.208. The summed E-state index contributed by atoms with van der Waals surface area (Å²) in [5.41, 5.74) is 3.92. The van der Waals surface area contributed by atoms with E-state index in [0.29, 0.717) is 29.0 Å². The van der Waals surface area contributed by atoms with E-state index >= 15 is 0 Å². The number of benzene rings is 2. The van der Waals surface area contributed by atoms with Gasteiger partial charge in [-0.15, -0.1) is 0 Å². The molecule has 31 heavy (non-hydrogen) atoms. The lowest BCUT2D eigenvalue weighted by atomic mass is 10.1. The minimum absolute atomic E-state index is 0.219. The van der Waals surface area contributed by atoms with Crippen molar-refractivity contribution in [3.63, 3.8) is 0 Å². The largest absolute Gasteiger partial charge is 0.454 e. The predicted molar refractivity (Wildman–Crippen MR) is 112 cm³/mol. The number of aromatic nitrogens is 1.